The lowest BCUT2D eigenvalue weighted by Crippen LogP contribution is -2.11. The maximum absolute atomic E-state index is 9.47. The van der Waals surface area contributed by atoms with Gasteiger partial charge in [-0.3, -0.25) is 0 Å². The van der Waals surface area contributed by atoms with E-state index in [1.165, 1.54) is 0 Å². The molecule has 0 aliphatic rings. The van der Waals surface area contributed by atoms with Crippen LogP contribution < -0.4 is 0 Å². The van der Waals surface area contributed by atoms with Crippen LogP contribution in [0.3, 0.4) is 0 Å². The van der Waals surface area contributed by atoms with Gasteiger partial charge < -0.3 is 19.0 Å². The molecule has 0 aliphatic heterocycles. The Kier molecular flexibility index (Phi) is 11.6. The zero-order chi connectivity index (χ0) is 10.5. The van der Waals surface area contributed by atoms with Crippen LogP contribution in [0.2, 0.25) is 0 Å². The number of nitrogens with zero attached hydrogens (tertiary/aromatic N) is 1. The van der Waals surface area contributed by atoms with Crippen LogP contribution in [0.15, 0.2) is 5.34 Å². The minimum absolute atomic E-state index is 0.183. The second-order valence-electron chi connectivity index (χ2n) is 2.33. The van der Waals surface area contributed by atoms with Crippen LogP contribution >= 0.6 is 0 Å². The largest absolute Gasteiger partial charge is 0.379 e. The Bertz CT molecular complexity index is 122. The van der Waals surface area contributed by atoms with Crippen molar-refractivity contribution in [1.82, 2.24) is 0 Å². The third-order valence-corrected chi connectivity index (χ3v) is 1.32. The summed E-state index contributed by atoms with van der Waals surface area (Å²) in [6.45, 7) is 5.34. The van der Waals surface area contributed by atoms with E-state index in [0.29, 0.717) is 39.6 Å². The smallest absolute Gasteiger partial charge is 0.155 e. The molecule has 0 aromatic rings. The molecule has 14 heavy (non-hydrogen) atoms. The molecule has 0 saturated carbocycles. The molecule has 0 amide bonds. The van der Waals surface area contributed by atoms with Gasteiger partial charge in [0.1, 0.15) is 6.61 Å². The summed E-state index contributed by atoms with van der Waals surface area (Å²) in [7, 11) is 0. The van der Waals surface area contributed by atoms with Crippen molar-refractivity contribution in [3.05, 3.63) is 4.91 Å². The first-order valence-corrected chi connectivity index (χ1v) is 4.59. The Morgan fingerprint density at radius 2 is 1.36 bits per heavy atom. The first-order chi connectivity index (χ1) is 6.91. The van der Waals surface area contributed by atoms with Gasteiger partial charge in [0, 0.05) is 6.61 Å². The molecule has 0 bridgehead atoms. The molecule has 0 spiro atoms. The van der Waals surface area contributed by atoms with Crippen LogP contribution in [0.4, 0.5) is 0 Å². The van der Waals surface area contributed by atoms with Gasteiger partial charge >= 0.3 is 0 Å². The van der Waals surface area contributed by atoms with Crippen LogP contribution in [0.25, 0.3) is 0 Å². The SMILES string of the molecule is CCOCCOCCOCCON=O. The Morgan fingerprint density at radius 1 is 0.857 bits per heavy atom. The molecular weight excluding hydrogens is 190 g/mol. The van der Waals surface area contributed by atoms with Gasteiger partial charge in [-0.05, 0) is 6.92 Å². The molecule has 0 atom stereocenters. The van der Waals surface area contributed by atoms with Crippen molar-refractivity contribution in [2.24, 2.45) is 5.34 Å². The third-order valence-electron chi connectivity index (χ3n) is 1.32. The quantitative estimate of drug-likeness (QED) is 0.284. The molecule has 0 heterocycles. The van der Waals surface area contributed by atoms with E-state index in [9.17, 15) is 4.91 Å². The average Bonchev–Trinajstić information content (AvgIpc) is 2.21. The first-order valence-electron chi connectivity index (χ1n) is 4.59. The Hall–Kier alpha value is -0.720. The Morgan fingerprint density at radius 3 is 1.86 bits per heavy atom. The number of rotatable bonds is 11. The highest BCUT2D eigenvalue weighted by atomic mass is 16.7. The molecule has 0 aliphatic carbocycles. The zero-order valence-corrected chi connectivity index (χ0v) is 8.44. The van der Waals surface area contributed by atoms with Gasteiger partial charge in [-0.25, -0.2) is 0 Å². The van der Waals surface area contributed by atoms with E-state index < -0.39 is 0 Å². The van der Waals surface area contributed by atoms with Crippen LogP contribution in [0.1, 0.15) is 6.92 Å². The third kappa shape index (κ3) is 11.3. The van der Waals surface area contributed by atoms with Crippen molar-refractivity contribution in [1.29, 1.82) is 0 Å². The van der Waals surface area contributed by atoms with Gasteiger partial charge in [-0.1, -0.05) is 0 Å². The summed E-state index contributed by atoms with van der Waals surface area (Å²) in [4.78, 5) is 13.7. The average molecular weight is 207 g/mol. The van der Waals surface area contributed by atoms with Gasteiger partial charge in [0.05, 0.1) is 33.0 Å². The number of hydrogen-bond acceptors (Lipinski definition) is 6. The standard InChI is InChI=1S/C8H17NO5/c1-2-11-3-4-12-5-6-13-7-8-14-9-10/h2-8H2,1H3. The molecule has 6 nitrogen and oxygen atoms in total. The van der Waals surface area contributed by atoms with E-state index in [4.69, 9.17) is 14.2 Å². The van der Waals surface area contributed by atoms with E-state index in [0.717, 1.165) is 0 Å². The first kappa shape index (κ1) is 13.3. The summed E-state index contributed by atoms with van der Waals surface area (Å²) in [5, 5.41) is 2.23. The van der Waals surface area contributed by atoms with Crippen molar-refractivity contribution < 1.29 is 19.0 Å². The fraction of sp³-hybridized carbons (Fsp3) is 1.00. The summed E-state index contributed by atoms with van der Waals surface area (Å²) >= 11 is 0. The molecule has 0 fully saturated rings. The van der Waals surface area contributed by atoms with Crippen molar-refractivity contribution in [3.8, 4) is 0 Å². The monoisotopic (exact) mass is 207 g/mol. The van der Waals surface area contributed by atoms with Crippen LogP contribution in [0.5, 0.6) is 0 Å². The predicted molar refractivity (Wildman–Crippen MR) is 49.9 cm³/mol. The van der Waals surface area contributed by atoms with Crippen molar-refractivity contribution in [3.63, 3.8) is 0 Å². The Labute approximate surface area is 83.4 Å². The van der Waals surface area contributed by atoms with Gasteiger partial charge in [0.25, 0.3) is 0 Å². The lowest BCUT2D eigenvalue weighted by Gasteiger charge is -2.04. The molecule has 0 rings (SSSR count). The van der Waals surface area contributed by atoms with E-state index in [1.807, 2.05) is 6.92 Å². The molecule has 84 valence electrons. The van der Waals surface area contributed by atoms with E-state index in [1.54, 1.807) is 0 Å². The molecule has 0 saturated heterocycles. The summed E-state index contributed by atoms with van der Waals surface area (Å²) in [5.74, 6) is 0. The number of hydrogen-bond donors (Lipinski definition) is 0. The highest BCUT2D eigenvalue weighted by Gasteiger charge is 1.90. The molecule has 0 radical (unpaired) electrons. The topological polar surface area (TPSA) is 66.3 Å². The lowest BCUT2D eigenvalue weighted by molar-refractivity contribution is -0.000360. The van der Waals surface area contributed by atoms with Crippen molar-refractivity contribution in [2.75, 3.05) is 46.2 Å². The van der Waals surface area contributed by atoms with Gasteiger partial charge in [0.2, 0.25) is 0 Å². The number of ether oxygens (including phenoxy) is 3. The molecule has 0 aromatic heterocycles. The zero-order valence-electron chi connectivity index (χ0n) is 8.44. The summed E-state index contributed by atoms with van der Waals surface area (Å²) in [6, 6.07) is 0. The molecular formula is C8H17NO5. The van der Waals surface area contributed by atoms with Crippen LogP contribution in [-0.4, -0.2) is 46.2 Å². The van der Waals surface area contributed by atoms with Gasteiger partial charge in [0.15, 0.2) is 5.34 Å². The van der Waals surface area contributed by atoms with Crippen LogP contribution in [-0.2, 0) is 19.0 Å². The van der Waals surface area contributed by atoms with Gasteiger partial charge in [-0.2, -0.15) is 0 Å². The maximum atomic E-state index is 9.47. The van der Waals surface area contributed by atoms with Crippen molar-refractivity contribution in [2.45, 2.75) is 6.92 Å². The lowest BCUT2D eigenvalue weighted by atomic mass is 10.7. The van der Waals surface area contributed by atoms with E-state index in [2.05, 4.69) is 10.2 Å². The summed E-state index contributed by atoms with van der Waals surface area (Å²) < 4.78 is 15.3. The van der Waals surface area contributed by atoms with E-state index in [-0.39, 0.29) is 6.61 Å². The van der Waals surface area contributed by atoms with Gasteiger partial charge in [-0.15, -0.1) is 4.91 Å². The summed E-state index contributed by atoms with van der Waals surface area (Å²) in [6.07, 6.45) is 0. The van der Waals surface area contributed by atoms with Crippen molar-refractivity contribution >= 4 is 0 Å². The normalized spacial score (nSPS) is 10.1. The van der Waals surface area contributed by atoms with E-state index >= 15 is 0 Å². The predicted octanol–water partition coefficient (Wildman–Crippen LogP) is 0.754. The molecule has 6 heteroatoms. The second kappa shape index (κ2) is 12.3. The second-order valence-corrected chi connectivity index (χ2v) is 2.33. The minimum Gasteiger partial charge on any atom is -0.379 e. The highest BCUT2D eigenvalue weighted by molar-refractivity contribution is 4.32. The highest BCUT2D eigenvalue weighted by Crippen LogP contribution is 1.82. The Balaban J connectivity index is 2.81. The molecule has 0 aromatic carbocycles. The minimum atomic E-state index is 0.183. The molecule has 0 unspecified atom stereocenters. The molecule has 0 N–H and O–H groups in total. The summed E-state index contributed by atoms with van der Waals surface area (Å²) in [5.41, 5.74) is 0. The fourth-order valence-electron chi connectivity index (χ4n) is 0.718. The maximum Gasteiger partial charge on any atom is 0.155 e. The van der Waals surface area contributed by atoms with Crippen LogP contribution in [0, 0.1) is 4.91 Å². The fourth-order valence-corrected chi connectivity index (χ4v) is 0.718.